The molecule has 6 heteroatoms. The Balaban J connectivity index is 1.81. The Kier molecular flexibility index (Phi) is 4.76. The number of aromatic nitrogens is 3. The first-order valence-electron chi connectivity index (χ1n) is 9.46. The number of aryl methyl sites for hydroxylation is 3. The van der Waals surface area contributed by atoms with Crippen LogP contribution < -0.4 is 10.9 Å². The van der Waals surface area contributed by atoms with Crippen molar-refractivity contribution in [1.29, 1.82) is 0 Å². The summed E-state index contributed by atoms with van der Waals surface area (Å²) >= 11 is 0. The van der Waals surface area contributed by atoms with Crippen molar-refractivity contribution >= 4 is 22.6 Å². The summed E-state index contributed by atoms with van der Waals surface area (Å²) in [5, 5.41) is 8.41. The van der Waals surface area contributed by atoms with Gasteiger partial charge in [-0.05, 0) is 56.2 Å². The minimum atomic E-state index is -0.263. The molecular formula is C23H22N4O2. The molecule has 0 radical (unpaired) electrons. The van der Waals surface area contributed by atoms with Crippen molar-refractivity contribution in [2.75, 3.05) is 5.32 Å². The minimum absolute atomic E-state index is 0.0957. The number of nitrogens with one attached hydrogen (secondary N) is 1. The molecule has 1 amide bonds. The van der Waals surface area contributed by atoms with E-state index in [0.717, 1.165) is 27.9 Å². The summed E-state index contributed by atoms with van der Waals surface area (Å²) in [4.78, 5) is 25.6. The predicted octanol–water partition coefficient (Wildman–Crippen LogP) is 3.75. The van der Waals surface area contributed by atoms with Crippen LogP contribution in [0.5, 0.6) is 0 Å². The van der Waals surface area contributed by atoms with Gasteiger partial charge in [-0.25, -0.2) is 4.68 Å². The fourth-order valence-electron chi connectivity index (χ4n) is 3.63. The van der Waals surface area contributed by atoms with Gasteiger partial charge in [0.15, 0.2) is 0 Å². The smallest absolute Gasteiger partial charge is 0.252 e. The second kappa shape index (κ2) is 7.39. The molecule has 0 aliphatic rings. The van der Waals surface area contributed by atoms with E-state index in [1.807, 2.05) is 75.4 Å². The Bertz CT molecular complexity index is 1270. The molecule has 6 nitrogen and oxygen atoms in total. The minimum Gasteiger partial charge on any atom is -0.325 e. The number of nitrogens with zero attached hydrogens (tertiary/aromatic N) is 3. The van der Waals surface area contributed by atoms with Gasteiger partial charge in [0.2, 0.25) is 5.91 Å². The fourth-order valence-corrected chi connectivity index (χ4v) is 3.63. The van der Waals surface area contributed by atoms with Gasteiger partial charge in [0.25, 0.3) is 5.56 Å². The van der Waals surface area contributed by atoms with Crippen molar-refractivity contribution in [2.24, 2.45) is 0 Å². The van der Waals surface area contributed by atoms with Crippen molar-refractivity contribution in [3.8, 4) is 5.69 Å². The van der Waals surface area contributed by atoms with Crippen LogP contribution in [0.25, 0.3) is 16.7 Å². The fraction of sp³-hybridized carbons (Fsp3) is 0.174. The molecule has 0 atom stereocenters. The molecule has 0 unspecified atom stereocenters. The number of para-hydroxylation sites is 1. The number of hydrogen-bond acceptors (Lipinski definition) is 3. The van der Waals surface area contributed by atoms with Crippen LogP contribution in [0.15, 0.2) is 65.5 Å². The molecule has 4 aromatic rings. The van der Waals surface area contributed by atoms with E-state index in [9.17, 15) is 9.59 Å². The summed E-state index contributed by atoms with van der Waals surface area (Å²) < 4.78 is 3.22. The third-order valence-corrected chi connectivity index (χ3v) is 4.90. The molecule has 0 aliphatic heterocycles. The molecule has 29 heavy (non-hydrogen) atoms. The monoisotopic (exact) mass is 386 g/mol. The highest BCUT2D eigenvalue weighted by atomic mass is 16.2. The maximum Gasteiger partial charge on any atom is 0.252 e. The molecule has 2 aromatic heterocycles. The van der Waals surface area contributed by atoms with Crippen LogP contribution in [0.3, 0.4) is 0 Å². The third kappa shape index (κ3) is 3.57. The van der Waals surface area contributed by atoms with Crippen LogP contribution in [0.2, 0.25) is 0 Å². The number of benzene rings is 2. The Morgan fingerprint density at radius 3 is 2.48 bits per heavy atom. The van der Waals surface area contributed by atoms with Crippen LogP contribution in [0, 0.1) is 20.8 Å². The van der Waals surface area contributed by atoms with Crippen molar-refractivity contribution < 1.29 is 4.79 Å². The van der Waals surface area contributed by atoms with E-state index in [0.29, 0.717) is 11.3 Å². The van der Waals surface area contributed by atoms with Gasteiger partial charge in [0.05, 0.1) is 11.4 Å². The number of pyridine rings is 1. The maximum atomic E-state index is 12.8. The normalized spacial score (nSPS) is 11.0. The Morgan fingerprint density at radius 2 is 1.76 bits per heavy atom. The van der Waals surface area contributed by atoms with Crippen LogP contribution in [0.4, 0.5) is 5.69 Å². The summed E-state index contributed by atoms with van der Waals surface area (Å²) in [6.45, 7) is 5.67. The quantitative estimate of drug-likeness (QED) is 0.581. The lowest BCUT2D eigenvalue weighted by molar-refractivity contribution is -0.116. The van der Waals surface area contributed by atoms with E-state index >= 15 is 0 Å². The van der Waals surface area contributed by atoms with Gasteiger partial charge in [-0.1, -0.05) is 30.3 Å². The van der Waals surface area contributed by atoms with E-state index in [1.54, 1.807) is 10.7 Å². The molecule has 0 spiro atoms. The predicted molar refractivity (Wildman–Crippen MR) is 115 cm³/mol. The lowest BCUT2D eigenvalue weighted by atomic mass is 10.1. The SMILES string of the molecule is Cc1cccc(NC(=O)Cn2c(=O)cc(C)c3c(C)nn(-c4ccccc4)c32)c1. The number of amides is 1. The molecular weight excluding hydrogens is 364 g/mol. The van der Waals surface area contributed by atoms with Crippen LogP contribution in [-0.2, 0) is 11.3 Å². The maximum absolute atomic E-state index is 12.8. The number of hydrogen-bond donors (Lipinski definition) is 1. The first-order chi connectivity index (χ1) is 13.9. The van der Waals surface area contributed by atoms with Gasteiger partial charge < -0.3 is 5.32 Å². The number of rotatable bonds is 4. The van der Waals surface area contributed by atoms with Gasteiger partial charge in [-0.15, -0.1) is 0 Å². The first-order valence-corrected chi connectivity index (χ1v) is 9.46. The molecule has 2 aromatic carbocycles. The number of fused-ring (bicyclic) bond motifs is 1. The molecule has 0 aliphatic carbocycles. The number of anilines is 1. The molecule has 0 bridgehead atoms. The highest BCUT2D eigenvalue weighted by Crippen LogP contribution is 2.23. The standard InChI is InChI=1S/C23H22N4O2/c1-15-8-7-9-18(12-15)24-20(28)14-26-21(29)13-16(2)22-17(3)25-27(23(22)26)19-10-5-4-6-11-19/h4-13H,14H2,1-3H3,(H,24,28). The van der Waals surface area contributed by atoms with E-state index in [-0.39, 0.29) is 18.0 Å². The largest absolute Gasteiger partial charge is 0.325 e. The second-order valence-corrected chi connectivity index (χ2v) is 7.20. The van der Waals surface area contributed by atoms with Gasteiger partial charge in [0, 0.05) is 17.1 Å². The Morgan fingerprint density at radius 1 is 1.00 bits per heavy atom. The van der Waals surface area contributed by atoms with E-state index in [4.69, 9.17) is 0 Å². The van der Waals surface area contributed by atoms with E-state index in [2.05, 4.69) is 10.4 Å². The van der Waals surface area contributed by atoms with Crippen molar-refractivity contribution in [3.05, 3.63) is 87.8 Å². The van der Waals surface area contributed by atoms with Crippen molar-refractivity contribution in [1.82, 2.24) is 14.3 Å². The van der Waals surface area contributed by atoms with E-state index < -0.39 is 0 Å². The van der Waals surface area contributed by atoms with Gasteiger partial charge in [0.1, 0.15) is 12.2 Å². The molecule has 0 saturated heterocycles. The highest BCUT2D eigenvalue weighted by Gasteiger charge is 2.18. The van der Waals surface area contributed by atoms with Crippen LogP contribution in [-0.4, -0.2) is 20.3 Å². The summed E-state index contributed by atoms with van der Waals surface area (Å²) in [7, 11) is 0. The molecule has 0 saturated carbocycles. The molecule has 146 valence electrons. The first kappa shape index (κ1) is 18.7. The average Bonchev–Trinajstić information content (AvgIpc) is 3.03. The van der Waals surface area contributed by atoms with Crippen molar-refractivity contribution in [3.63, 3.8) is 0 Å². The summed E-state index contributed by atoms with van der Waals surface area (Å²) in [6, 6.07) is 18.7. The summed E-state index contributed by atoms with van der Waals surface area (Å²) in [6.07, 6.45) is 0. The molecule has 0 fully saturated rings. The van der Waals surface area contributed by atoms with Gasteiger partial charge in [-0.2, -0.15) is 5.10 Å². The lowest BCUT2D eigenvalue weighted by Crippen LogP contribution is -2.29. The Labute approximate surface area is 168 Å². The Hall–Kier alpha value is -3.67. The molecule has 4 rings (SSSR count). The van der Waals surface area contributed by atoms with Crippen LogP contribution in [0.1, 0.15) is 16.8 Å². The molecule has 2 heterocycles. The second-order valence-electron chi connectivity index (χ2n) is 7.20. The lowest BCUT2D eigenvalue weighted by Gasteiger charge is -2.13. The number of carbonyl (C=O) groups is 1. The summed E-state index contributed by atoms with van der Waals surface area (Å²) in [5.41, 5.74) is 4.65. The highest BCUT2D eigenvalue weighted by molar-refractivity contribution is 5.92. The number of carbonyl (C=O) groups excluding carboxylic acids is 1. The van der Waals surface area contributed by atoms with Crippen LogP contribution >= 0.6 is 0 Å². The topological polar surface area (TPSA) is 68.9 Å². The van der Waals surface area contributed by atoms with Crippen molar-refractivity contribution in [2.45, 2.75) is 27.3 Å². The zero-order valence-electron chi connectivity index (χ0n) is 16.6. The third-order valence-electron chi connectivity index (χ3n) is 4.90. The summed E-state index contributed by atoms with van der Waals surface area (Å²) in [5.74, 6) is -0.263. The van der Waals surface area contributed by atoms with Gasteiger partial charge >= 0.3 is 0 Å². The zero-order valence-corrected chi connectivity index (χ0v) is 16.6. The zero-order chi connectivity index (χ0) is 20.5. The average molecular weight is 386 g/mol. The molecule has 1 N–H and O–H groups in total. The van der Waals surface area contributed by atoms with E-state index in [1.165, 1.54) is 4.57 Å². The van der Waals surface area contributed by atoms with Gasteiger partial charge in [-0.3, -0.25) is 14.2 Å².